The number of aliphatic hydroxyl groups excluding tert-OH is 1. The average Bonchev–Trinajstić information content (AvgIpc) is 3.35. The van der Waals surface area contributed by atoms with E-state index in [1.807, 2.05) is 0 Å². The molecule has 0 aromatic carbocycles. The largest absolute Gasteiger partial charge is 0.462 e. The van der Waals surface area contributed by atoms with Crippen LogP contribution in [0.25, 0.3) is 0 Å². The standard InChI is InChI=1S/C64H108O5/c1-3-5-7-9-11-13-15-17-19-21-23-25-27-28-29-30-31-32-33-34-35-36-37-39-41-43-45-47-49-51-53-55-57-59-64(67)69-62(60-65)61-68-63(66)58-56-54-52-50-48-46-44-42-40-38-26-24-22-20-18-16-14-12-10-8-6-4-2/h5,7,11,13,17,19,23,25,28-29,31-32,34-35,37,39,43,45,62,65H,3-4,6,8-10,12,14-16,18,20-22,24,26-27,30,33,36,38,40-42,44,46-61H2,1-2H3/b7-5-,13-11-,19-17-,25-23-,29-28-,32-31-,35-34-,39-37-,45-43-. The second-order valence-electron chi connectivity index (χ2n) is 19.0. The Balaban J connectivity index is 3.59. The van der Waals surface area contributed by atoms with Crippen LogP contribution >= 0.6 is 0 Å². The molecule has 0 aromatic heterocycles. The van der Waals surface area contributed by atoms with Gasteiger partial charge in [-0.05, 0) is 83.5 Å². The lowest BCUT2D eigenvalue weighted by atomic mass is 10.0. The minimum Gasteiger partial charge on any atom is -0.462 e. The Kier molecular flexibility index (Phi) is 55.9. The first-order valence-electron chi connectivity index (χ1n) is 28.9. The molecule has 0 bridgehead atoms. The van der Waals surface area contributed by atoms with Gasteiger partial charge in [0.25, 0.3) is 0 Å². The van der Waals surface area contributed by atoms with Gasteiger partial charge in [0.2, 0.25) is 0 Å². The zero-order chi connectivity index (χ0) is 49.9. The number of unbranched alkanes of at least 4 members (excludes halogenated alkanes) is 26. The Bertz CT molecular complexity index is 1360. The van der Waals surface area contributed by atoms with Crippen LogP contribution in [0.15, 0.2) is 109 Å². The summed E-state index contributed by atoms with van der Waals surface area (Å²) in [5.41, 5.74) is 0. The molecule has 0 aliphatic rings. The Morgan fingerprint density at radius 1 is 0.348 bits per heavy atom. The van der Waals surface area contributed by atoms with E-state index in [1.54, 1.807) is 0 Å². The van der Waals surface area contributed by atoms with Gasteiger partial charge in [-0.15, -0.1) is 0 Å². The van der Waals surface area contributed by atoms with Crippen LogP contribution in [0, 0.1) is 0 Å². The highest BCUT2D eigenvalue weighted by Gasteiger charge is 2.16. The maximum Gasteiger partial charge on any atom is 0.306 e. The van der Waals surface area contributed by atoms with Crippen molar-refractivity contribution < 1.29 is 24.2 Å². The first-order chi connectivity index (χ1) is 34.1. The number of ether oxygens (including phenoxy) is 2. The molecule has 0 amide bonds. The van der Waals surface area contributed by atoms with Crippen molar-refractivity contribution in [3.63, 3.8) is 0 Å². The van der Waals surface area contributed by atoms with Crippen LogP contribution in [0.5, 0.6) is 0 Å². The predicted octanol–water partition coefficient (Wildman–Crippen LogP) is 19.7. The lowest BCUT2D eigenvalue weighted by Gasteiger charge is -2.15. The van der Waals surface area contributed by atoms with E-state index in [1.165, 1.54) is 122 Å². The van der Waals surface area contributed by atoms with Gasteiger partial charge >= 0.3 is 11.9 Å². The second-order valence-corrected chi connectivity index (χ2v) is 19.0. The molecule has 0 heterocycles. The summed E-state index contributed by atoms with van der Waals surface area (Å²) < 4.78 is 10.7. The normalized spacial score (nSPS) is 13.0. The molecule has 0 rings (SSSR count). The van der Waals surface area contributed by atoms with Crippen LogP contribution in [0.4, 0.5) is 0 Å². The van der Waals surface area contributed by atoms with Crippen molar-refractivity contribution in [1.82, 2.24) is 0 Å². The number of hydrogen-bond acceptors (Lipinski definition) is 5. The van der Waals surface area contributed by atoms with Crippen LogP contribution in [0.1, 0.15) is 264 Å². The number of rotatable bonds is 52. The fourth-order valence-corrected chi connectivity index (χ4v) is 8.02. The van der Waals surface area contributed by atoms with Crippen molar-refractivity contribution in [1.29, 1.82) is 0 Å². The summed E-state index contributed by atoms with van der Waals surface area (Å²) >= 11 is 0. The first-order valence-corrected chi connectivity index (χ1v) is 28.9. The minimum absolute atomic E-state index is 0.0769. The van der Waals surface area contributed by atoms with Gasteiger partial charge in [0.15, 0.2) is 6.10 Å². The van der Waals surface area contributed by atoms with Crippen molar-refractivity contribution in [2.45, 2.75) is 270 Å². The molecule has 1 atom stereocenters. The third-order valence-corrected chi connectivity index (χ3v) is 12.3. The molecule has 0 saturated heterocycles. The van der Waals surface area contributed by atoms with E-state index in [0.717, 1.165) is 116 Å². The third-order valence-electron chi connectivity index (χ3n) is 12.3. The van der Waals surface area contributed by atoms with E-state index < -0.39 is 6.10 Å². The summed E-state index contributed by atoms with van der Waals surface area (Å²) in [5, 5.41) is 9.65. The maximum atomic E-state index is 12.3. The molecular formula is C64H108O5. The maximum absolute atomic E-state index is 12.3. The summed E-state index contributed by atoms with van der Waals surface area (Å²) in [5.74, 6) is -0.610. The van der Waals surface area contributed by atoms with Crippen molar-refractivity contribution in [3.8, 4) is 0 Å². The lowest BCUT2D eigenvalue weighted by Crippen LogP contribution is -2.28. The number of hydrogen-bond donors (Lipinski definition) is 1. The Hall–Kier alpha value is -3.44. The number of esters is 2. The van der Waals surface area contributed by atoms with Gasteiger partial charge in [-0.25, -0.2) is 0 Å². The fraction of sp³-hybridized carbons (Fsp3) is 0.688. The molecule has 0 spiro atoms. The second kappa shape index (κ2) is 58.9. The highest BCUT2D eigenvalue weighted by Crippen LogP contribution is 2.16. The number of aliphatic hydroxyl groups is 1. The monoisotopic (exact) mass is 957 g/mol. The van der Waals surface area contributed by atoms with Crippen LogP contribution in [0.3, 0.4) is 0 Å². The molecule has 1 N–H and O–H groups in total. The van der Waals surface area contributed by atoms with E-state index in [4.69, 9.17) is 9.47 Å². The van der Waals surface area contributed by atoms with Crippen LogP contribution in [-0.2, 0) is 19.1 Å². The minimum atomic E-state index is -0.789. The molecule has 0 aliphatic carbocycles. The SMILES string of the molecule is CC/C=C\C/C=C\C/C=C\C/C=C\C/C=C\C/C=C\C/C=C\C/C=C\C/C=C\CCCCCCCC(=O)OC(CO)COC(=O)CCCCCCCCCCCCCCCCCCCCCCCC. The quantitative estimate of drug-likeness (QED) is 0.0374. The summed E-state index contributed by atoms with van der Waals surface area (Å²) in [6.45, 7) is 4.03. The van der Waals surface area contributed by atoms with Crippen molar-refractivity contribution in [2.24, 2.45) is 0 Å². The third kappa shape index (κ3) is 57.0. The van der Waals surface area contributed by atoms with Crippen molar-refractivity contribution >= 4 is 11.9 Å². The highest BCUT2D eigenvalue weighted by atomic mass is 16.6. The summed E-state index contributed by atoms with van der Waals surface area (Å²) in [6.07, 6.45) is 84.9. The van der Waals surface area contributed by atoms with Crippen molar-refractivity contribution in [2.75, 3.05) is 13.2 Å². The fourth-order valence-electron chi connectivity index (χ4n) is 8.02. The zero-order valence-electron chi connectivity index (χ0n) is 45.0. The molecular weight excluding hydrogens is 849 g/mol. The van der Waals surface area contributed by atoms with Crippen LogP contribution in [0.2, 0.25) is 0 Å². The number of carbonyl (C=O) groups is 2. The topological polar surface area (TPSA) is 72.8 Å². The molecule has 0 aliphatic heterocycles. The smallest absolute Gasteiger partial charge is 0.306 e. The lowest BCUT2D eigenvalue weighted by molar-refractivity contribution is -0.161. The van der Waals surface area contributed by atoms with Crippen molar-refractivity contribution in [3.05, 3.63) is 109 Å². The molecule has 0 radical (unpaired) electrons. The van der Waals surface area contributed by atoms with E-state index in [9.17, 15) is 14.7 Å². The van der Waals surface area contributed by atoms with Gasteiger partial charge in [0.1, 0.15) is 6.61 Å². The van der Waals surface area contributed by atoms with Gasteiger partial charge < -0.3 is 14.6 Å². The van der Waals surface area contributed by atoms with Gasteiger partial charge in [-0.3, -0.25) is 9.59 Å². The predicted molar refractivity (Wildman–Crippen MR) is 302 cm³/mol. The average molecular weight is 958 g/mol. The molecule has 5 heteroatoms. The summed E-state index contributed by atoms with van der Waals surface area (Å²) in [7, 11) is 0. The first kappa shape index (κ1) is 65.6. The van der Waals surface area contributed by atoms with E-state index in [2.05, 4.69) is 123 Å². The molecule has 394 valence electrons. The zero-order valence-corrected chi connectivity index (χ0v) is 45.0. The molecule has 0 aromatic rings. The van der Waals surface area contributed by atoms with E-state index in [-0.39, 0.29) is 25.2 Å². The van der Waals surface area contributed by atoms with Crippen LogP contribution < -0.4 is 0 Å². The molecule has 5 nitrogen and oxygen atoms in total. The van der Waals surface area contributed by atoms with Gasteiger partial charge in [0.05, 0.1) is 6.61 Å². The van der Waals surface area contributed by atoms with E-state index in [0.29, 0.717) is 12.8 Å². The number of carbonyl (C=O) groups excluding carboxylic acids is 2. The summed E-state index contributed by atoms with van der Waals surface area (Å²) in [6, 6.07) is 0. The van der Waals surface area contributed by atoms with E-state index >= 15 is 0 Å². The Labute approximate surface area is 427 Å². The molecule has 0 fully saturated rings. The molecule has 1 unspecified atom stereocenters. The Morgan fingerprint density at radius 2 is 0.623 bits per heavy atom. The number of allylic oxidation sites excluding steroid dienone is 18. The van der Waals surface area contributed by atoms with Gasteiger partial charge in [0, 0.05) is 12.8 Å². The van der Waals surface area contributed by atoms with Gasteiger partial charge in [-0.1, -0.05) is 277 Å². The van der Waals surface area contributed by atoms with Gasteiger partial charge in [-0.2, -0.15) is 0 Å². The van der Waals surface area contributed by atoms with Crippen LogP contribution in [-0.4, -0.2) is 36.4 Å². The highest BCUT2D eigenvalue weighted by molar-refractivity contribution is 5.70. The molecule has 69 heavy (non-hydrogen) atoms. The molecule has 0 saturated carbocycles. The summed E-state index contributed by atoms with van der Waals surface area (Å²) in [4.78, 5) is 24.5. The Morgan fingerprint density at radius 3 is 0.942 bits per heavy atom.